The number of aliphatic carboxylic acids is 4. The molecule has 0 aromatic carbocycles. The Morgan fingerprint density at radius 1 is 0.792 bits per heavy atom. The van der Waals surface area contributed by atoms with Gasteiger partial charge in [0.25, 0.3) is 0 Å². The molecule has 2 unspecified atom stereocenters. The summed E-state index contributed by atoms with van der Waals surface area (Å²) >= 11 is 0. The topological polar surface area (TPSA) is 176 Å². The Morgan fingerprint density at radius 3 is 1.42 bits per heavy atom. The molecule has 0 aromatic heterocycles. The van der Waals surface area contributed by atoms with E-state index < -0.39 is 55.8 Å². The monoisotopic (exact) mass is 432 g/mol. The summed E-state index contributed by atoms with van der Waals surface area (Å²) in [6.45, 7) is -1.00. The van der Waals surface area contributed by atoms with Gasteiger partial charge in [-0.15, -0.1) is 0 Å². The number of aliphatic hydroxyl groups is 1. The first-order valence-corrected chi connectivity index (χ1v) is 6.09. The molecule has 140 valence electrons. The van der Waals surface area contributed by atoms with E-state index in [1.165, 1.54) is 6.92 Å². The first-order valence-electron chi connectivity index (χ1n) is 6.09. The average molecular weight is 432 g/mol. The van der Waals surface area contributed by atoms with Crippen LogP contribution in [0.15, 0.2) is 0 Å². The van der Waals surface area contributed by atoms with Gasteiger partial charge in [0, 0.05) is 46.7 Å². The van der Waals surface area contributed by atoms with Gasteiger partial charge in [0.1, 0.15) is 0 Å². The molecule has 13 heteroatoms. The fraction of sp³-hybridized carbons (Fsp3) is 0.636. The molecule has 0 saturated carbocycles. The Hall–Kier alpha value is -1.20. The van der Waals surface area contributed by atoms with Crippen molar-refractivity contribution < 1.29 is 78.8 Å². The minimum atomic E-state index is -2.10. The first kappa shape index (κ1) is 27.6. The first-order chi connectivity index (χ1) is 10.0. The van der Waals surface area contributed by atoms with Crippen LogP contribution in [-0.2, 0) is 53.3 Å². The molecular formula is C11H18Mn2N2O9. The molecule has 0 heterocycles. The molecule has 24 heavy (non-hydrogen) atoms. The maximum atomic E-state index is 10.7. The molecule has 0 fully saturated rings. The van der Waals surface area contributed by atoms with E-state index in [4.69, 9.17) is 20.4 Å². The van der Waals surface area contributed by atoms with E-state index in [1.54, 1.807) is 0 Å². The van der Waals surface area contributed by atoms with E-state index in [0.717, 1.165) is 4.90 Å². The fourth-order valence-electron chi connectivity index (χ4n) is 1.75. The van der Waals surface area contributed by atoms with Crippen molar-refractivity contribution >= 4 is 23.9 Å². The fourth-order valence-corrected chi connectivity index (χ4v) is 1.75. The zero-order chi connectivity index (χ0) is 17.4. The van der Waals surface area contributed by atoms with Crippen LogP contribution in [0.4, 0.5) is 0 Å². The summed E-state index contributed by atoms with van der Waals surface area (Å²) in [5, 5.41) is 44.3. The second-order valence-corrected chi connectivity index (χ2v) is 4.58. The van der Waals surface area contributed by atoms with Crippen molar-refractivity contribution in [2.24, 2.45) is 0 Å². The van der Waals surface area contributed by atoms with E-state index in [-0.39, 0.29) is 40.7 Å². The van der Waals surface area contributed by atoms with Crippen LogP contribution in [0.5, 0.6) is 0 Å². The maximum Gasteiger partial charge on any atom is 0.348 e. The molecule has 2 atom stereocenters. The van der Waals surface area contributed by atoms with Gasteiger partial charge in [-0.1, -0.05) is 0 Å². The smallest absolute Gasteiger partial charge is 0.348 e. The summed E-state index contributed by atoms with van der Waals surface area (Å²) in [5.41, 5.74) is 0. The zero-order valence-electron chi connectivity index (χ0n) is 12.5. The molecule has 0 aromatic rings. The third kappa shape index (κ3) is 11.4. The van der Waals surface area contributed by atoms with Crippen molar-refractivity contribution in [1.29, 1.82) is 0 Å². The normalized spacial score (nSPS) is 12.7. The van der Waals surface area contributed by atoms with Gasteiger partial charge in [-0.3, -0.25) is 24.2 Å². The molecule has 0 rings (SSSR count). The Morgan fingerprint density at radius 2 is 1.12 bits per heavy atom. The molecule has 0 amide bonds. The SMILES string of the molecule is CC(CN(CC(=O)O)C(O)C(=O)O)N(CC(=O)O)CC(=O)O.[Mn].[Mn]. The summed E-state index contributed by atoms with van der Waals surface area (Å²) in [4.78, 5) is 44.6. The average Bonchev–Trinajstić information content (AvgIpc) is 2.34. The van der Waals surface area contributed by atoms with Crippen LogP contribution < -0.4 is 0 Å². The minimum absolute atomic E-state index is 0. The van der Waals surface area contributed by atoms with Gasteiger partial charge in [0.2, 0.25) is 6.23 Å². The molecule has 11 nitrogen and oxygen atoms in total. The van der Waals surface area contributed by atoms with Crippen LogP contribution in [0.3, 0.4) is 0 Å². The van der Waals surface area contributed by atoms with Crippen molar-refractivity contribution in [3.63, 3.8) is 0 Å². The quantitative estimate of drug-likeness (QED) is 0.174. The standard InChI is InChI=1S/C11H18N2O9.2Mn/c1-6(12(3-7(14)15)4-8(16)17)2-13(5-9(18)19)10(20)11(21)22;;/h6,10,20H,2-5H2,1H3,(H,14,15)(H,16,17)(H,18,19)(H,21,22);;. The largest absolute Gasteiger partial charge is 0.480 e. The van der Waals surface area contributed by atoms with Gasteiger partial charge in [0.05, 0.1) is 19.6 Å². The third-order valence-corrected chi connectivity index (χ3v) is 2.70. The number of hydrogen-bond acceptors (Lipinski definition) is 7. The molecular weight excluding hydrogens is 414 g/mol. The van der Waals surface area contributed by atoms with Gasteiger partial charge in [-0.25, -0.2) is 4.79 Å². The summed E-state index contributed by atoms with van der Waals surface area (Å²) in [5.74, 6) is -5.65. The Balaban J connectivity index is -0.00000220. The molecule has 0 spiro atoms. The number of carboxylic acids is 4. The van der Waals surface area contributed by atoms with Crippen LogP contribution in [-0.4, -0.2) is 97.7 Å². The second-order valence-electron chi connectivity index (χ2n) is 4.58. The van der Waals surface area contributed by atoms with Gasteiger partial charge >= 0.3 is 23.9 Å². The summed E-state index contributed by atoms with van der Waals surface area (Å²) in [6.07, 6.45) is -2.10. The number of rotatable bonds is 11. The predicted octanol–water partition coefficient (Wildman–Crippen LogP) is -2.37. The van der Waals surface area contributed by atoms with E-state index in [2.05, 4.69) is 0 Å². The zero-order valence-corrected chi connectivity index (χ0v) is 14.9. The molecule has 2 radical (unpaired) electrons. The Bertz CT molecular complexity index is 433. The van der Waals surface area contributed by atoms with Crippen molar-refractivity contribution in [3.8, 4) is 0 Å². The van der Waals surface area contributed by atoms with Crippen LogP contribution >= 0.6 is 0 Å². The summed E-state index contributed by atoms with van der Waals surface area (Å²) in [7, 11) is 0. The molecule has 0 bridgehead atoms. The van der Waals surface area contributed by atoms with Gasteiger partial charge in [-0.05, 0) is 6.92 Å². The predicted molar refractivity (Wildman–Crippen MR) is 69.2 cm³/mol. The summed E-state index contributed by atoms with van der Waals surface area (Å²) < 4.78 is 0. The Labute approximate surface area is 158 Å². The molecule has 5 N–H and O–H groups in total. The number of aliphatic hydroxyl groups excluding tert-OH is 1. The molecule has 0 saturated heterocycles. The van der Waals surface area contributed by atoms with Crippen molar-refractivity contribution in [2.45, 2.75) is 19.2 Å². The number of carbonyl (C=O) groups is 4. The van der Waals surface area contributed by atoms with Crippen LogP contribution in [0.25, 0.3) is 0 Å². The molecule has 0 aliphatic rings. The number of nitrogens with zero attached hydrogens (tertiary/aromatic N) is 2. The van der Waals surface area contributed by atoms with Gasteiger partial charge in [-0.2, -0.15) is 0 Å². The van der Waals surface area contributed by atoms with Crippen molar-refractivity contribution in [1.82, 2.24) is 9.80 Å². The van der Waals surface area contributed by atoms with Crippen molar-refractivity contribution in [3.05, 3.63) is 0 Å². The van der Waals surface area contributed by atoms with E-state index in [0.29, 0.717) is 4.90 Å². The Kier molecular flexibility index (Phi) is 15.1. The molecule has 0 aliphatic carbocycles. The third-order valence-electron chi connectivity index (χ3n) is 2.70. The van der Waals surface area contributed by atoms with Gasteiger partial charge < -0.3 is 25.5 Å². The van der Waals surface area contributed by atoms with Crippen LogP contribution in [0.2, 0.25) is 0 Å². The van der Waals surface area contributed by atoms with E-state index >= 15 is 0 Å². The molecule has 0 aliphatic heterocycles. The van der Waals surface area contributed by atoms with Crippen molar-refractivity contribution in [2.75, 3.05) is 26.2 Å². The summed E-state index contributed by atoms with van der Waals surface area (Å²) in [6, 6.07) is -0.819. The van der Waals surface area contributed by atoms with Gasteiger partial charge in [0.15, 0.2) is 0 Å². The number of carboxylic acid groups (broad SMARTS) is 4. The maximum absolute atomic E-state index is 10.7. The number of hydrogen-bond donors (Lipinski definition) is 5. The van der Waals surface area contributed by atoms with E-state index in [9.17, 15) is 24.3 Å². The van der Waals surface area contributed by atoms with Crippen LogP contribution in [0.1, 0.15) is 6.92 Å². The second kappa shape index (κ2) is 13.1. The van der Waals surface area contributed by atoms with E-state index in [1.807, 2.05) is 0 Å². The minimum Gasteiger partial charge on any atom is -0.480 e. The van der Waals surface area contributed by atoms with Crippen LogP contribution in [0, 0.1) is 0 Å².